The van der Waals surface area contributed by atoms with Crippen LogP contribution in [0.5, 0.6) is 11.6 Å². The molecular formula is C23H20N4O4S. The topological polar surface area (TPSA) is 103 Å². The van der Waals surface area contributed by atoms with Crippen molar-refractivity contribution in [3.05, 3.63) is 90.5 Å². The van der Waals surface area contributed by atoms with Gasteiger partial charge in [-0.15, -0.1) is 0 Å². The van der Waals surface area contributed by atoms with Crippen LogP contribution in [0.15, 0.2) is 84.0 Å². The second-order valence-corrected chi connectivity index (χ2v) is 8.70. The lowest BCUT2D eigenvalue weighted by Crippen LogP contribution is -2.13. The normalized spacial score (nSPS) is 11.2. The highest BCUT2D eigenvalue weighted by Crippen LogP contribution is 2.24. The van der Waals surface area contributed by atoms with Crippen molar-refractivity contribution in [2.24, 2.45) is 0 Å². The number of ketones is 1. The fourth-order valence-electron chi connectivity index (χ4n) is 2.99. The Morgan fingerprint density at radius 3 is 2.25 bits per heavy atom. The summed E-state index contributed by atoms with van der Waals surface area (Å²) in [5.41, 5.74) is 0.824. The lowest BCUT2D eigenvalue weighted by atomic mass is 10.2. The number of hydrogen-bond acceptors (Lipinski definition) is 6. The summed E-state index contributed by atoms with van der Waals surface area (Å²) in [4.78, 5) is 20.1. The minimum Gasteiger partial charge on any atom is -0.439 e. The van der Waals surface area contributed by atoms with Crippen molar-refractivity contribution in [1.82, 2.24) is 14.5 Å². The number of benzene rings is 2. The van der Waals surface area contributed by atoms with Gasteiger partial charge in [-0.05, 0) is 62.4 Å². The number of rotatable bonds is 7. The number of nitrogens with one attached hydrogen (secondary N) is 1. The number of aryl methyl sites for hydroxylation is 1. The van der Waals surface area contributed by atoms with E-state index >= 15 is 0 Å². The predicted octanol–water partition coefficient (Wildman–Crippen LogP) is 4.37. The molecule has 0 atom stereocenters. The molecule has 4 aromatic rings. The molecule has 0 saturated carbocycles. The summed E-state index contributed by atoms with van der Waals surface area (Å²) in [6, 6.07) is 17.8. The van der Waals surface area contributed by atoms with Gasteiger partial charge in [-0.3, -0.25) is 9.52 Å². The van der Waals surface area contributed by atoms with Crippen LogP contribution in [0.2, 0.25) is 0 Å². The van der Waals surface area contributed by atoms with Crippen LogP contribution < -0.4 is 9.46 Å². The Morgan fingerprint density at radius 2 is 1.62 bits per heavy atom. The minimum atomic E-state index is -3.79. The summed E-state index contributed by atoms with van der Waals surface area (Å²) in [5.74, 6) is 1.98. The first-order valence-corrected chi connectivity index (χ1v) is 11.2. The number of carbonyl (C=O) groups excluding carboxylic acids is 1. The van der Waals surface area contributed by atoms with Gasteiger partial charge in [0.15, 0.2) is 5.78 Å². The third kappa shape index (κ3) is 4.84. The van der Waals surface area contributed by atoms with Gasteiger partial charge in [0.2, 0.25) is 5.88 Å². The van der Waals surface area contributed by atoms with E-state index in [1.165, 1.54) is 31.2 Å². The predicted molar refractivity (Wildman–Crippen MR) is 120 cm³/mol. The lowest BCUT2D eigenvalue weighted by Gasteiger charge is -2.11. The number of anilines is 1. The molecule has 0 spiro atoms. The molecule has 8 nitrogen and oxygen atoms in total. The van der Waals surface area contributed by atoms with Crippen LogP contribution in [-0.4, -0.2) is 28.7 Å². The zero-order valence-corrected chi connectivity index (χ0v) is 18.2. The Kier molecular flexibility index (Phi) is 5.74. The van der Waals surface area contributed by atoms with Gasteiger partial charge in [-0.2, -0.15) is 4.98 Å². The third-order valence-electron chi connectivity index (χ3n) is 4.57. The highest BCUT2D eigenvalue weighted by Gasteiger charge is 2.15. The zero-order chi connectivity index (χ0) is 22.7. The van der Waals surface area contributed by atoms with E-state index < -0.39 is 10.0 Å². The van der Waals surface area contributed by atoms with Crippen molar-refractivity contribution in [3.63, 3.8) is 0 Å². The second-order valence-electron chi connectivity index (χ2n) is 7.01. The molecule has 162 valence electrons. The quantitative estimate of drug-likeness (QED) is 0.421. The minimum absolute atomic E-state index is 0.0665. The molecular weight excluding hydrogens is 428 g/mol. The van der Waals surface area contributed by atoms with E-state index in [1.54, 1.807) is 37.3 Å². The van der Waals surface area contributed by atoms with Crippen LogP contribution in [0.25, 0.3) is 5.82 Å². The van der Waals surface area contributed by atoms with Crippen LogP contribution >= 0.6 is 0 Å². The monoisotopic (exact) mass is 448 g/mol. The molecule has 2 aromatic carbocycles. The van der Waals surface area contributed by atoms with Gasteiger partial charge < -0.3 is 9.30 Å². The summed E-state index contributed by atoms with van der Waals surface area (Å²) in [6.45, 7) is 3.20. The van der Waals surface area contributed by atoms with E-state index in [0.717, 1.165) is 0 Å². The fourth-order valence-corrected chi connectivity index (χ4v) is 4.05. The molecule has 0 fully saturated rings. The Balaban J connectivity index is 1.48. The van der Waals surface area contributed by atoms with E-state index in [-0.39, 0.29) is 10.7 Å². The van der Waals surface area contributed by atoms with Gasteiger partial charge in [-0.25, -0.2) is 13.4 Å². The standard InChI is InChI=1S/C23H20N4O4S/c1-16(28)18-5-11-21(12-6-18)32(29,30)26-19-7-9-20(10-8-19)31-23-15-22(24-17(2)25-23)27-13-3-4-14-27/h3-15,26H,1-2H3. The van der Waals surface area contributed by atoms with E-state index in [1.807, 2.05) is 29.1 Å². The van der Waals surface area contributed by atoms with Crippen molar-refractivity contribution in [3.8, 4) is 17.4 Å². The van der Waals surface area contributed by atoms with Crippen molar-refractivity contribution in [2.45, 2.75) is 18.7 Å². The molecule has 9 heteroatoms. The molecule has 32 heavy (non-hydrogen) atoms. The number of hydrogen-bond donors (Lipinski definition) is 1. The zero-order valence-electron chi connectivity index (χ0n) is 17.4. The fraction of sp³-hybridized carbons (Fsp3) is 0.0870. The number of aromatic nitrogens is 3. The SMILES string of the molecule is CC(=O)c1ccc(S(=O)(=O)Nc2ccc(Oc3cc(-n4cccc4)nc(C)n3)cc2)cc1. The maximum Gasteiger partial charge on any atom is 0.261 e. The van der Waals surface area contributed by atoms with E-state index in [9.17, 15) is 13.2 Å². The molecule has 0 aliphatic carbocycles. The second kappa shape index (κ2) is 8.64. The van der Waals surface area contributed by atoms with Gasteiger partial charge in [-0.1, -0.05) is 12.1 Å². The number of sulfonamides is 1. The van der Waals surface area contributed by atoms with Gasteiger partial charge in [0.25, 0.3) is 10.0 Å². The first kappa shape index (κ1) is 21.3. The summed E-state index contributed by atoms with van der Waals surface area (Å²) >= 11 is 0. The lowest BCUT2D eigenvalue weighted by molar-refractivity contribution is 0.101. The van der Waals surface area contributed by atoms with Gasteiger partial charge in [0.05, 0.1) is 4.90 Å². The molecule has 0 amide bonds. The molecule has 0 saturated heterocycles. The average molecular weight is 449 g/mol. The Bertz CT molecular complexity index is 1350. The van der Waals surface area contributed by atoms with E-state index in [4.69, 9.17) is 4.74 Å². The van der Waals surface area contributed by atoms with Crippen molar-refractivity contribution < 1.29 is 17.9 Å². The first-order chi connectivity index (χ1) is 15.3. The van der Waals surface area contributed by atoms with Gasteiger partial charge in [0, 0.05) is 29.7 Å². The summed E-state index contributed by atoms with van der Waals surface area (Å²) in [5, 5.41) is 0. The van der Waals surface area contributed by atoms with Gasteiger partial charge in [0.1, 0.15) is 17.4 Å². The number of ether oxygens (including phenoxy) is 1. The Labute approximate surface area is 185 Å². The van der Waals surface area contributed by atoms with Gasteiger partial charge >= 0.3 is 0 Å². The molecule has 0 bridgehead atoms. The summed E-state index contributed by atoms with van der Waals surface area (Å²) in [7, 11) is -3.79. The van der Waals surface area contributed by atoms with Crippen LogP contribution in [0.1, 0.15) is 23.1 Å². The molecule has 0 unspecified atom stereocenters. The smallest absolute Gasteiger partial charge is 0.261 e. The highest BCUT2D eigenvalue weighted by molar-refractivity contribution is 7.92. The maximum atomic E-state index is 12.6. The molecule has 0 aliphatic rings. The van der Waals surface area contributed by atoms with Crippen molar-refractivity contribution in [2.75, 3.05) is 4.72 Å². The average Bonchev–Trinajstić information content (AvgIpc) is 3.30. The third-order valence-corrected chi connectivity index (χ3v) is 5.97. The summed E-state index contributed by atoms with van der Waals surface area (Å²) in [6.07, 6.45) is 3.75. The maximum absolute atomic E-state index is 12.6. The number of Topliss-reactive ketones (excluding diaryl/α,β-unsaturated/α-hetero) is 1. The number of nitrogens with zero attached hydrogens (tertiary/aromatic N) is 3. The molecule has 2 aromatic heterocycles. The van der Waals surface area contributed by atoms with Crippen molar-refractivity contribution in [1.29, 1.82) is 0 Å². The molecule has 1 N–H and O–H groups in total. The van der Waals surface area contributed by atoms with Crippen LogP contribution in [-0.2, 0) is 10.0 Å². The van der Waals surface area contributed by atoms with E-state index in [2.05, 4.69) is 14.7 Å². The Hall–Kier alpha value is -3.98. The van der Waals surface area contributed by atoms with Crippen LogP contribution in [0.3, 0.4) is 0 Å². The van der Waals surface area contributed by atoms with Crippen LogP contribution in [0.4, 0.5) is 5.69 Å². The molecule has 4 rings (SSSR count). The molecule has 2 heterocycles. The highest BCUT2D eigenvalue weighted by atomic mass is 32.2. The molecule has 0 radical (unpaired) electrons. The van der Waals surface area contributed by atoms with E-state index in [0.29, 0.717) is 34.5 Å². The Morgan fingerprint density at radius 1 is 0.969 bits per heavy atom. The van der Waals surface area contributed by atoms with Crippen LogP contribution in [0, 0.1) is 6.92 Å². The largest absolute Gasteiger partial charge is 0.439 e. The van der Waals surface area contributed by atoms with Crippen molar-refractivity contribution >= 4 is 21.5 Å². The molecule has 0 aliphatic heterocycles. The number of carbonyl (C=O) groups is 1. The summed E-state index contributed by atoms with van der Waals surface area (Å²) < 4.78 is 35.4. The first-order valence-electron chi connectivity index (χ1n) is 9.71.